The molecule has 0 unspecified atom stereocenters. The second kappa shape index (κ2) is 6.33. The molecule has 4 N–H and O–H groups in total. The second-order valence-corrected chi connectivity index (χ2v) is 4.83. The van der Waals surface area contributed by atoms with E-state index in [1.54, 1.807) is 17.8 Å². The van der Waals surface area contributed by atoms with Gasteiger partial charge in [0.15, 0.2) is 0 Å². The predicted molar refractivity (Wildman–Crippen MR) is 72.4 cm³/mol. The van der Waals surface area contributed by atoms with E-state index < -0.39 is 6.04 Å². The van der Waals surface area contributed by atoms with Crippen LogP contribution in [0.3, 0.4) is 0 Å². The Labute approximate surface area is 112 Å². The number of nitrogens with two attached hydrogens (primary N) is 1. The summed E-state index contributed by atoms with van der Waals surface area (Å²) in [6.07, 6.45) is 0. The fourth-order valence-electron chi connectivity index (χ4n) is 1.50. The lowest BCUT2D eigenvalue weighted by Crippen LogP contribution is -2.46. The maximum atomic E-state index is 11.7. The van der Waals surface area contributed by atoms with Gasteiger partial charge >= 0.3 is 0 Å². The summed E-state index contributed by atoms with van der Waals surface area (Å²) in [5.41, 5.74) is 6.48. The summed E-state index contributed by atoms with van der Waals surface area (Å²) in [6.45, 7) is 5.42. The number of carbonyl (C=O) groups excluding carboxylic acids is 2. The number of anilines is 1. The van der Waals surface area contributed by atoms with E-state index in [-0.39, 0.29) is 24.3 Å². The topological polar surface area (TPSA) is 102 Å². The third-order valence-electron chi connectivity index (χ3n) is 2.71. The van der Waals surface area contributed by atoms with Gasteiger partial charge in [0, 0.05) is 13.1 Å². The molecule has 0 aliphatic carbocycles. The molecule has 0 bridgehead atoms. The Kier molecular flexibility index (Phi) is 5.05. The van der Waals surface area contributed by atoms with Crippen LogP contribution >= 0.6 is 0 Å². The third-order valence-corrected chi connectivity index (χ3v) is 2.71. The highest BCUT2D eigenvalue weighted by Gasteiger charge is 2.17. The molecule has 1 aromatic rings. The van der Waals surface area contributed by atoms with Gasteiger partial charge in [0.1, 0.15) is 5.82 Å². The molecule has 0 aliphatic rings. The largest absolute Gasteiger partial charge is 0.346 e. The first-order valence-electron chi connectivity index (χ1n) is 6.15. The lowest BCUT2D eigenvalue weighted by Gasteiger charge is -2.15. The van der Waals surface area contributed by atoms with Gasteiger partial charge in [-0.2, -0.15) is 5.10 Å². The van der Waals surface area contributed by atoms with Gasteiger partial charge in [-0.1, -0.05) is 13.8 Å². The van der Waals surface area contributed by atoms with Crippen molar-refractivity contribution in [3.05, 3.63) is 11.8 Å². The van der Waals surface area contributed by atoms with Gasteiger partial charge in [-0.25, -0.2) is 0 Å². The van der Waals surface area contributed by atoms with Crippen molar-refractivity contribution in [3.63, 3.8) is 0 Å². The van der Waals surface area contributed by atoms with E-state index in [0.29, 0.717) is 5.82 Å². The third kappa shape index (κ3) is 4.36. The number of aryl methyl sites for hydroxylation is 2. The van der Waals surface area contributed by atoms with Crippen LogP contribution in [0.1, 0.15) is 19.5 Å². The van der Waals surface area contributed by atoms with Crippen molar-refractivity contribution in [2.45, 2.75) is 26.8 Å². The minimum absolute atomic E-state index is 0.0304. The van der Waals surface area contributed by atoms with E-state index in [9.17, 15) is 9.59 Å². The minimum Gasteiger partial charge on any atom is -0.346 e. The highest BCUT2D eigenvalue weighted by Crippen LogP contribution is 2.07. The van der Waals surface area contributed by atoms with Gasteiger partial charge in [0.25, 0.3) is 0 Å². The number of nitrogens with one attached hydrogen (secondary N) is 2. The van der Waals surface area contributed by atoms with Crippen LogP contribution in [0.2, 0.25) is 0 Å². The summed E-state index contributed by atoms with van der Waals surface area (Å²) >= 11 is 0. The zero-order valence-electron chi connectivity index (χ0n) is 11.7. The summed E-state index contributed by atoms with van der Waals surface area (Å²) in [4.78, 5) is 23.2. The minimum atomic E-state index is -0.605. The molecule has 1 heterocycles. The average Bonchev–Trinajstić information content (AvgIpc) is 2.63. The fraction of sp³-hybridized carbons (Fsp3) is 0.583. The van der Waals surface area contributed by atoms with Crippen LogP contribution in [-0.2, 0) is 16.6 Å². The Balaban J connectivity index is 2.44. The summed E-state index contributed by atoms with van der Waals surface area (Å²) < 4.78 is 1.56. The number of amides is 2. The fourth-order valence-corrected chi connectivity index (χ4v) is 1.50. The van der Waals surface area contributed by atoms with Crippen LogP contribution in [0.5, 0.6) is 0 Å². The molecular formula is C12H21N5O2. The van der Waals surface area contributed by atoms with Crippen molar-refractivity contribution in [2.75, 3.05) is 11.9 Å². The van der Waals surface area contributed by atoms with E-state index >= 15 is 0 Å². The molecule has 0 aromatic carbocycles. The molecule has 1 atom stereocenters. The Bertz CT molecular complexity index is 467. The van der Waals surface area contributed by atoms with Crippen LogP contribution in [0.4, 0.5) is 5.82 Å². The first kappa shape index (κ1) is 15.2. The number of aromatic nitrogens is 2. The van der Waals surface area contributed by atoms with Gasteiger partial charge in [-0.3, -0.25) is 14.3 Å². The molecular weight excluding hydrogens is 246 g/mol. The second-order valence-electron chi connectivity index (χ2n) is 4.83. The Hall–Kier alpha value is -1.89. The normalized spacial score (nSPS) is 12.3. The molecule has 2 amide bonds. The first-order chi connectivity index (χ1) is 8.81. The van der Waals surface area contributed by atoms with Crippen LogP contribution in [-0.4, -0.2) is 34.2 Å². The maximum absolute atomic E-state index is 11.7. The van der Waals surface area contributed by atoms with Crippen LogP contribution in [0.15, 0.2) is 6.07 Å². The van der Waals surface area contributed by atoms with Crippen molar-refractivity contribution < 1.29 is 9.59 Å². The van der Waals surface area contributed by atoms with Crippen molar-refractivity contribution in [2.24, 2.45) is 18.7 Å². The number of carbonyl (C=O) groups is 2. The van der Waals surface area contributed by atoms with Crippen LogP contribution < -0.4 is 16.4 Å². The van der Waals surface area contributed by atoms with Crippen molar-refractivity contribution in [1.82, 2.24) is 15.1 Å². The first-order valence-corrected chi connectivity index (χ1v) is 6.15. The summed E-state index contributed by atoms with van der Waals surface area (Å²) in [5, 5.41) is 9.27. The van der Waals surface area contributed by atoms with Gasteiger partial charge in [0.2, 0.25) is 11.8 Å². The lowest BCUT2D eigenvalue weighted by molar-refractivity contribution is -0.125. The number of rotatable bonds is 5. The molecule has 0 fully saturated rings. The average molecular weight is 267 g/mol. The highest BCUT2D eigenvalue weighted by molar-refractivity contribution is 5.94. The monoisotopic (exact) mass is 267 g/mol. The van der Waals surface area contributed by atoms with E-state index in [2.05, 4.69) is 15.7 Å². The molecule has 0 radical (unpaired) electrons. The molecule has 19 heavy (non-hydrogen) atoms. The lowest BCUT2D eigenvalue weighted by atomic mass is 10.1. The van der Waals surface area contributed by atoms with Crippen LogP contribution in [0, 0.1) is 12.8 Å². The SMILES string of the molecule is Cc1cc(NC(=O)CNC(=O)[C@@H](N)C(C)C)n(C)n1. The maximum Gasteiger partial charge on any atom is 0.244 e. The molecule has 0 aliphatic heterocycles. The standard InChI is InChI=1S/C12H21N5O2/c1-7(2)11(13)12(19)14-6-10(18)15-9-5-8(3)16-17(9)4/h5,7,11H,6,13H2,1-4H3,(H,14,19)(H,15,18)/t11-/m0/s1. The quantitative estimate of drug-likeness (QED) is 0.685. The van der Waals surface area contributed by atoms with Gasteiger partial charge < -0.3 is 16.4 Å². The zero-order valence-corrected chi connectivity index (χ0v) is 11.7. The molecule has 1 aromatic heterocycles. The molecule has 1 rings (SSSR count). The molecule has 0 saturated carbocycles. The summed E-state index contributed by atoms with van der Waals surface area (Å²) in [6, 6.07) is 1.14. The van der Waals surface area contributed by atoms with Gasteiger partial charge in [-0.15, -0.1) is 0 Å². The molecule has 0 saturated heterocycles. The predicted octanol–water partition coefficient (Wildman–Crippen LogP) is -0.233. The van der Waals surface area contributed by atoms with Crippen molar-refractivity contribution in [1.29, 1.82) is 0 Å². The number of nitrogens with zero attached hydrogens (tertiary/aromatic N) is 2. The van der Waals surface area contributed by atoms with Crippen molar-refractivity contribution in [3.8, 4) is 0 Å². The van der Waals surface area contributed by atoms with Crippen LogP contribution in [0.25, 0.3) is 0 Å². The van der Waals surface area contributed by atoms with E-state index in [4.69, 9.17) is 5.73 Å². The molecule has 7 heteroatoms. The molecule has 7 nitrogen and oxygen atoms in total. The Morgan fingerprint density at radius 1 is 1.47 bits per heavy atom. The molecule has 0 spiro atoms. The Morgan fingerprint density at radius 3 is 2.58 bits per heavy atom. The van der Waals surface area contributed by atoms with Gasteiger partial charge in [0.05, 0.1) is 18.3 Å². The van der Waals surface area contributed by atoms with E-state index in [1.165, 1.54) is 0 Å². The zero-order chi connectivity index (χ0) is 14.6. The number of hydrogen-bond acceptors (Lipinski definition) is 4. The smallest absolute Gasteiger partial charge is 0.244 e. The number of hydrogen-bond donors (Lipinski definition) is 3. The van der Waals surface area contributed by atoms with Gasteiger partial charge in [-0.05, 0) is 12.8 Å². The summed E-state index contributed by atoms with van der Waals surface area (Å²) in [7, 11) is 1.73. The van der Waals surface area contributed by atoms with Crippen molar-refractivity contribution >= 4 is 17.6 Å². The highest BCUT2D eigenvalue weighted by atomic mass is 16.2. The van der Waals surface area contributed by atoms with E-state index in [1.807, 2.05) is 20.8 Å². The Morgan fingerprint density at radius 2 is 2.11 bits per heavy atom. The molecule has 106 valence electrons. The summed E-state index contributed by atoms with van der Waals surface area (Å²) in [5.74, 6) is -0.0219. The van der Waals surface area contributed by atoms with E-state index in [0.717, 1.165) is 5.69 Å².